The van der Waals surface area contributed by atoms with Gasteiger partial charge in [0.25, 0.3) is 0 Å². The van der Waals surface area contributed by atoms with Crippen molar-refractivity contribution in [1.82, 2.24) is 4.90 Å². The standard InChI is InChI=1S/C29H23F2N3O/c30-23-10-6-20(7-11-23)22-14-27-26(18-34(17-22)16-19-4-2-1-3-5-19)28(25(15-32)29(33)35-27)21-8-12-24(31)13-9-21/h1-14,28H,16-18,33H2. The minimum absolute atomic E-state index is 0.0341. The van der Waals surface area contributed by atoms with E-state index in [1.165, 1.54) is 24.3 Å². The van der Waals surface area contributed by atoms with Crippen LogP contribution in [0.3, 0.4) is 0 Å². The number of ether oxygens (including phenoxy) is 1. The van der Waals surface area contributed by atoms with E-state index in [1.807, 2.05) is 24.3 Å². The number of hydrogen-bond acceptors (Lipinski definition) is 4. The number of nitrogens with zero attached hydrogens (tertiary/aromatic N) is 2. The van der Waals surface area contributed by atoms with Crippen LogP contribution in [-0.4, -0.2) is 18.0 Å². The molecule has 0 aromatic heterocycles. The molecule has 174 valence electrons. The van der Waals surface area contributed by atoms with E-state index in [0.717, 1.165) is 27.8 Å². The smallest absolute Gasteiger partial charge is 0.205 e. The second kappa shape index (κ2) is 9.57. The predicted molar refractivity (Wildman–Crippen MR) is 130 cm³/mol. The number of allylic oxidation sites excluding steroid dienone is 2. The molecule has 3 aromatic rings. The van der Waals surface area contributed by atoms with Crippen molar-refractivity contribution in [2.24, 2.45) is 5.73 Å². The summed E-state index contributed by atoms with van der Waals surface area (Å²) in [5.74, 6) is -0.528. The molecule has 0 bridgehead atoms. The van der Waals surface area contributed by atoms with Crippen LogP contribution in [0.25, 0.3) is 5.57 Å². The molecule has 6 heteroatoms. The first-order valence-electron chi connectivity index (χ1n) is 11.3. The minimum atomic E-state index is -0.466. The number of nitriles is 1. The zero-order valence-corrected chi connectivity index (χ0v) is 18.9. The number of hydrogen-bond donors (Lipinski definition) is 1. The first-order chi connectivity index (χ1) is 17.0. The Balaban J connectivity index is 1.63. The fraction of sp³-hybridized carbons (Fsp3) is 0.138. The van der Waals surface area contributed by atoms with E-state index in [1.54, 1.807) is 24.3 Å². The lowest BCUT2D eigenvalue weighted by Gasteiger charge is -2.30. The highest BCUT2D eigenvalue weighted by atomic mass is 19.1. The molecule has 0 saturated heterocycles. The maximum atomic E-state index is 13.7. The van der Waals surface area contributed by atoms with Crippen molar-refractivity contribution in [3.05, 3.63) is 136 Å². The van der Waals surface area contributed by atoms with Crippen LogP contribution in [0, 0.1) is 23.0 Å². The Hall–Kier alpha value is -4.21. The zero-order valence-electron chi connectivity index (χ0n) is 18.9. The van der Waals surface area contributed by atoms with Gasteiger partial charge < -0.3 is 10.5 Å². The number of benzene rings is 3. The average Bonchev–Trinajstić information content (AvgIpc) is 3.04. The second-order valence-corrected chi connectivity index (χ2v) is 8.67. The van der Waals surface area contributed by atoms with Gasteiger partial charge in [0, 0.05) is 19.6 Å². The van der Waals surface area contributed by atoms with E-state index >= 15 is 0 Å². The van der Waals surface area contributed by atoms with Crippen LogP contribution >= 0.6 is 0 Å². The van der Waals surface area contributed by atoms with Gasteiger partial charge in [0.1, 0.15) is 29.0 Å². The van der Waals surface area contributed by atoms with Crippen LogP contribution in [0.2, 0.25) is 0 Å². The third kappa shape index (κ3) is 4.72. The molecule has 2 heterocycles. The van der Waals surface area contributed by atoms with Crippen LogP contribution in [0.4, 0.5) is 8.78 Å². The first kappa shape index (κ1) is 22.6. The molecule has 0 spiro atoms. The summed E-state index contributed by atoms with van der Waals surface area (Å²) in [6.45, 7) is 1.74. The van der Waals surface area contributed by atoms with Gasteiger partial charge in [-0.05, 0) is 58.2 Å². The minimum Gasteiger partial charge on any atom is -0.440 e. The van der Waals surface area contributed by atoms with Crippen molar-refractivity contribution in [2.45, 2.75) is 12.5 Å². The van der Waals surface area contributed by atoms with Crippen molar-refractivity contribution >= 4 is 5.57 Å². The molecular weight excluding hydrogens is 444 g/mol. The van der Waals surface area contributed by atoms with E-state index in [9.17, 15) is 14.0 Å². The maximum absolute atomic E-state index is 13.7. The van der Waals surface area contributed by atoms with E-state index < -0.39 is 5.92 Å². The third-order valence-electron chi connectivity index (χ3n) is 6.32. The van der Waals surface area contributed by atoms with Crippen LogP contribution in [0.5, 0.6) is 0 Å². The molecule has 1 unspecified atom stereocenters. The van der Waals surface area contributed by atoms with Gasteiger partial charge in [-0.2, -0.15) is 5.26 Å². The van der Waals surface area contributed by atoms with Crippen molar-refractivity contribution in [3.63, 3.8) is 0 Å². The summed E-state index contributed by atoms with van der Waals surface area (Å²) in [6.07, 6.45) is 1.92. The number of rotatable bonds is 4. The van der Waals surface area contributed by atoms with E-state index in [2.05, 4.69) is 23.1 Å². The molecule has 4 nitrogen and oxygen atoms in total. The van der Waals surface area contributed by atoms with Crippen molar-refractivity contribution in [2.75, 3.05) is 13.1 Å². The van der Waals surface area contributed by atoms with E-state index in [-0.39, 0.29) is 17.5 Å². The molecule has 2 N–H and O–H groups in total. The molecule has 0 radical (unpaired) electrons. The molecule has 0 saturated carbocycles. The molecule has 1 atom stereocenters. The van der Waals surface area contributed by atoms with Gasteiger partial charge in [0.2, 0.25) is 5.88 Å². The summed E-state index contributed by atoms with van der Waals surface area (Å²) in [4.78, 5) is 2.25. The van der Waals surface area contributed by atoms with E-state index in [4.69, 9.17) is 10.5 Å². The lowest BCUT2D eigenvalue weighted by molar-refractivity contribution is 0.275. The Morgan fingerprint density at radius 1 is 0.914 bits per heavy atom. The molecule has 0 fully saturated rings. The van der Waals surface area contributed by atoms with Crippen molar-refractivity contribution < 1.29 is 13.5 Å². The van der Waals surface area contributed by atoms with Gasteiger partial charge in [-0.15, -0.1) is 0 Å². The Morgan fingerprint density at radius 3 is 2.23 bits per heavy atom. The molecule has 5 rings (SSSR count). The van der Waals surface area contributed by atoms with Gasteiger partial charge in [-0.3, -0.25) is 4.90 Å². The Bertz CT molecular complexity index is 1370. The summed E-state index contributed by atoms with van der Waals surface area (Å²) < 4.78 is 33.3. The molecule has 35 heavy (non-hydrogen) atoms. The summed E-state index contributed by atoms with van der Waals surface area (Å²) >= 11 is 0. The molecular formula is C29H23F2N3O. The monoisotopic (exact) mass is 467 g/mol. The Labute approximate surface area is 202 Å². The molecule has 3 aromatic carbocycles. The molecule has 2 aliphatic heterocycles. The highest BCUT2D eigenvalue weighted by molar-refractivity contribution is 5.71. The Morgan fingerprint density at radius 2 is 1.57 bits per heavy atom. The van der Waals surface area contributed by atoms with Gasteiger partial charge in [-0.25, -0.2) is 8.78 Å². The van der Waals surface area contributed by atoms with E-state index in [0.29, 0.717) is 31.0 Å². The summed E-state index contributed by atoms with van der Waals surface area (Å²) in [6, 6.07) is 24.8. The number of halogens is 2. The van der Waals surface area contributed by atoms with Crippen LogP contribution < -0.4 is 5.73 Å². The van der Waals surface area contributed by atoms with Crippen LogP contribution in [0.1, 0.15) is 22.6 Å². The number of nitrogens with two attached hydrogens (primary N) is 1. The SMILES string of the molecule is N#CC1=C(N)OC2=C(CN(Cc3ccccc3)CC(c3ccc(F)cc3)=C2)C1c1ccc(F)cc1. The van der Waals surface area contributed by atoms with Gasteiger partial charge >= 0.3 is 0 Å². The summed E-state index contributed by atoms with van der Waals surface area (Å²) in [7, 11) is 0. The van der Waals surface area contributed by atoms with Crippen LogP contribution in [0.15, 0.2) is 108 Å². The van der Waals surface area contributed by atoms with Crippen molar-refractivity contribution in [1.29, 1.82) is 5.26 Å². The fourth-order valence-corrected chi connectivity index (χ4v) is 4.67. The third-order valence-corrected chi connectivity index (χ3v) is 6.32. The molecule has 0 aliphatic carbocycles. The normalized spacial score (nSPS) is 18.3. The summed E-state index contributed by atoms with van der Waals surface area (Å²) in [5.41, 5.74) is 11.1. The second-order valence-electron chi connectivity index (χ2n) is 8.67. The molecule has 0 amide bonds. The largest absolute Gasteiger partial charge is 0.440 e. The average molecular weight is 468 g/mol. The van der Waals surface area contributed by atoms with Crippen LogP contribution in [-0.2, 0) is 11.3 Å². The topological polar surface area (TPSA) is 62.3 Å². The quantitative estimate of drug-likeness (QED) is 0.541. The van der Waals surface area contributed by atoms with Gasteiger partial charge in [0.05, 0.1) is 5.92 Å². The highest BCUT2D eigenvalue weighted by Crippen LogP contribution is 2.42. The van der Waals surface area contributed by atoms with Gasteiger partial charge in [0.15, 0.2) is 0 Å². The zero-order chi connectivity index (χ0) is 24.4. The van der Waals surface area contributed by atoms with Gasteiger partial charge in [-0.1, -0.05) is 54.6 Å². The lowest BCUT2D eigenvalue weighted by atomic mass is 9.82. The fourth-order valence-electron chi connectivity index (χ4n) is 4.67. The summed E-state index contributed by atoms with van der Waals surface area (Å²) in [5, 5.41) is 9.94. The van der Waals surface area contributed by atoms with Crippen molar-refractivity contribution in [3.8, 4) is 6.07 Å². The lowest BCUT2D eigenvalue weighted by Crippen LogP contribution is -2.30. The highest BCUT2D eigenvalue weighted by Gasteiger charge is 2.35. The predicted octanol–water partition coefficient (Wildman–Crippen LogP) is 5.63. The first-order valence-corrected chi connectivity index (χ1v) is 11.3. The molecule has 2 aliphatic rings. The maximum Gasteiger partial charge on any atom is 0.205 e. The Kier molecular flexibility index (Phi) is 6.17.